The minimum absolute atomic E-state index is 0.205. The number of aliphatic hydroxyl groups excluding tert-OH is 1. The monoisotopic (exact) mass is 363 g/mol. The lowest BCUT2D eigenvalue weighted by Gasteiger charge is -2.28. The van der Waals surface area contributed by atoms with Crippen molar-refractivity contribution in [3.63, 3.8) is 0 Å². The SMILES string of the molecule is CCCC[C@@H](C=O)C[C@H](O)[C@H](Cc1ccccc1)NC(=O)OC(C)(C)C. The van der Waals surface area contributed by atoms with Gasteiger partial charge in [0, 0.05) is 5.92 Å². The fourth-order valence-electron chi connectivity index (χ4n) is 2.79. The standard InChI is InChI=1S/C21H33NO4/c1-5-6-10-17(15-23)14-19(24)18(13-16-11-8-7-9-12-16)22-20(25)26-21(2,3)4/h7-9,11-12,15,17-19,24H,5-6,10,13-14H2,1-4H3,(H,22,25)/t17-,18+,19+/m1/s1. The van der Waals surface area contributed by atoms with E-state index in [0.29, 0.717) is 12.8 Å². The van der Waals surface area contributed by atoms with E-state index in [2.05, 4.69) is 12.2 Å². The number of carbonyl (C=O) groups excluding carboxylic acids is 2. The van der Waals surface area contributed by atoms with Crippen LogP contribution in [-0.2, 0) is 16.0 Å². The molecular weight excluding hydrogens is 330 g/mol. The van der Waals surface area contributed by atoms with E-state index in [4.69, 9.17) is 4.74 Å². The van der Waals surface area contributed by atoms with Gasteiger partial charge in [0.25, 0.3) is 0 Å². The van der Waals surface area contributed by atoms with Crippen molar-refractivity contribution in [3.05, 3.63) is 35.9 Å². The number of aldehydes is 1. The maximum absolute atomic E-state index is 12.2. The highest BCUT2D eigenvalue weighted by Gasteiger charge is 2.27. The minimum atomic E-state index is -0.824. The number of alkyl carbamates (subject to hydrolysis) is 1. The molecule has 0 radical (unpaired) electrons. The van der Waals surface area contributed by atoms with Gasteiger partial charge in [0.05, 0.1) is 12.1 Å². The Morgan fingerprint density at radius 1 is 1.27 bits per heavy atom. The first-order valence-corrected chi connectivity index (χ1v) is 9.42. The molecule has 0 heterocycles. The largest absolute Gasteiger partial charge is 0.444 e. The molecule has 5 nitrogen and oxygen atoms in total. The number of carbonyl (C=O) groups is 2. The zero-order valence-corrected chi connectivity index (χ0v) is 16.4. The first-order valence-electron chi connectivity index (χ1n) is 9.42. The summed E-state index contributed by atoms with van der Waals surface area (Å²) < 4.78 is 5.32. The molecule has 0 fully saturated rings. The van der Waals surface area contributed by atoms with E-state index in [1.165, 1.54) is 0 Å². The van der Waals surface area contributed by atoms with Crippen LogP contribution >= 0.6 is 0 Å². The van der Waals surface area contributed by atoms with Gasteiger partial charge in [0.2, 0.25) is 0 Å². The molecule has 0 saturated carbocycles. The molecule has 1 aromatic rings. The number of rotatable bonds is 10. The smallest absolute Gasteiger partial charge is 0.407 e. The van der Waals surface area contributed by atoms with Gasteiger partial charge < -0.3 is 20.0 Å². The number of ether oxygens (including phenoxy) is 1. The maximum atomic E-state index is 12.2. The van der Waals surface area contributed by atoms with E-state index < -0.39 is 23.8 Å². The summed E-state index contributed by atoms with van der Waals surface area (Å²) in [6.07, 6.45) is 3.02. The Bertz CT molecular complexity index is 539. The van der Waals surface area contributed by atoms with Gasteiger partial charge in [0.1, 0.15) is 11.9 Å². The Morgan fingerprint density at radius 2 is 1.92 bits per heavy atom. The molecule has 0 saturated heterocycles. The zero-order chi connectivity index (χ0) is 19.6. The number of benzene rings is 1. The van der Waals surface area contributed by atoms with Crippen molar-refractivity contribution in [1.29, 1.82) is 0 Å². The molecule has 146 valence electrons. The lowest BCUT2D eigenvalue weighted by molar-refractivity contribution is -0.112. The molecule has 0 spiro atoms. The van der Waals surface area contributed by atoms with Crippen LogP contribution in [0, 0.1) is 5.92 Å². The zero-order valence-electron chi connectivity index (χ0n) is 16.4. The molecule has 0 bridgehead atoms. The third kappa shape index (κ3) is 8.99. The second-order valence-corrected chi connectivity index (χ2v) is 7.78. The molecule has 1 aromatic carbocycles. The van der Waals surface area contributed by atoms with Crippen molar-refractivity contribution < 1.29 is 19.4 Å². The summed E-state index contributed by atoms with van der Waals surface area (Å²) >= 11 is 0. The van der Waals surface area contributed by atoms with Gasteiger partial charge in [-0.15, -0.1) is 0 Å². The van der Waals surface area contributed by atoms with E-state index in [-0.39, 0.29) is 5.92 Å². The predicted molar refractivity (Wildman–Crippen MR) is 103 cm³/mol. The highest BCUT2D eigenvalue weighted by Crippen LogP contribution is 2.17. The van der Waals surface area contributed by atoms with Gasteiger partial charge in [-0.3, -0.25) is 0 Å². The fourth-order valence-corrected chi connectivity index (χ4v) is 2.79. The second kappa shape index (κ2) is 11.0. The van der Waals surface area contributed by atoms with Crippen LogP contribution in [0.15, 0.2) is 30.3 Å². The van der Waals surface area contributed by atoms with Crippen LogP contribution in [0.5, 0.6) is 0 Å². The van der Waals surface area contributed by atoms with Crippen LogP contribution in [0.4, 0.5) is 4.79 Å². The second-order valence-electron chi connectivity index (χ2n) is 7.78. The van der Waals surface area contributed by atoms with Gasteiger partial charge >= 0.3 is 6.09 Å². The van der Waals surface area contributed by atoms with Crippen LogP contribution in [0.2, 0.25) is 0 Å². The van der Waals surface area contributed by atoms with E-state index in [1.807, 2.05) is 30.3 Å². The van der Waals surface area contributed by atoms with Gasteiger partial charge in [-0.05, 0) is 45.6 Å². The quantitative estimate of drug-likeness (QED) is 0.619. The van der Waals surface area contributed by atoms with E-state index in [9.17, 15) is 14.7 Å². The number of amides is 1. The lowest BCUT2D eigenvalue weighted by Crippen LogP contribution is -2.47. The van der Waals surface area contributed by atoms with Crippen LogP contribution in [0.25, 0.3) is 0 Å². The summed E-state index contributed by atoms with van der Waals surface area (Å²) in [5.74, 6) is -0.205. The molecule has 26 heavy (non-hydrogen) atoms. The third-order valence-corrected chi connectivity index (χ3v) is 4.13. The molecule has 5 heteroatoms. The summed E-state index contributed by atoms with van der Waals surface area (Å²) in [7, 11) is 0. The molecule has 0 aliphatic carbocycles. The molecule has 0 aliphatic rings. The highest BCUT2D eigenvalue weighted by molar-refractivity contribution is 5.68. The van der Waals surface area contributed by atoms with Crippen LogP contribution < -0.4 is 5.32 Å². The van der Waals surface area contributed by atoms with Gasteiger partial charge in [-0.2, -0.15) is 0 Å². The minimum Gasteiger partial charge on any atom is -0.444 e. The lowest BCUT2D eigenvalue weighted by atomic mass is 9.91. The third-order valence-electron chi connectivity index (χ3n) is 4.13. The summed E-state index contributed by atoms with van der Waals surface area (Å²) in [6, 6.07) is 9.14. The van der Waals surface area contributed by atoms with Gasteiger partial charge in [-0.1, -0.05) is 50.1 Å². The van der Waals surface area contributed by atoms with Crippen molar-refractivity contribution in [3.8, 4) is 0 Å². The van der Waals surface area contributed by atoms with E-state index >= 15 is 0 Å². The fraction of sp³-hybridized carbons (Fsp3) is 0.619. The summed E-state index contributed by atoms with van der Waals surface area (Å²) in [5, 5.41) is 13.5. The molecule has 1 rings (SSSR count). The molecular formula is C21H33NO4. The molecule has 0 aromatic heterocycles. The van der Waals surface area contributed by atoms with Crippen LogP contribution in [-0.4, -0.2) is 35.2 Å². The summed E-state index contributed by atoms with van der Waals surface area (Å²) in [5.41, 5.74) is 0.391. The van der Waals surface area contributed by atoms with Gasteiger partial charge in [-0.25, -0.2) is 4.79 Å². The first kappa shape index (κ1) is 22.2. The van der Waals surface area contributed by atoms with Crippen LogP contribution in [0.3, 0.4) is 0 Å². The Hall–Kier alpha value is -1.88. The van der Waals surface area contributed by atoms with Crippen molar-refractivity contribution in [2.45, 2.75) is 77.5 Å². The first-order chi connectivity index (χ1) is 12.2. The van der Waals surface area contributed by atoms with Gasteiger partial charge in [0.15, 0.2) is 0 Å². The number of hydrogen-bond acceptors (Lipinski definition) is 4. The Kier molecular flexibility index (Phi) is 9.35. The number of hydrogen-bond donors (Lipinski definition) is 2. The summed E-state index contributed by atoms with van der Waals surface area (Å²) in [6.45, 7) is 7.45. The topological polar surface area (TPSA) is 75.6 Å². The maximum Gasteiger partial charge on any atom is 0.407 e. The van der Waals surface area contributed by atoms with E-state index in [1.54, 1.807) is 20.8 Å². The van der Waals surface area contributed by atoms with Crippen molar-refractivity contribution in [1.82, 2.24) is 5.32 Å². The number of unbranched alkanes of at least 4 members (excludes halogenated alkanes) is 1. The Morgan fingerprint density at radius 3 is 2.46 bits per heavy atom. The highest BCUT2D eigenvalue weighted by atomic mass is 16.6. The number of aliphatic hydroxyl groups is 1. The molecule has 3 atom stereocenters. The molecule has 0 aliphatic heterocycles. The van der Waals surface area contributed by atoms with Crippen molar-refractivity contribution in [2.24, 2.45) is 5.92 Å². The normalized spacial score (nSPS) is 15.0. The predicted octanol–water partition coefficient (Wildman–Crippen LogP) is 3.88. The average molecular weight is 363 g/mol. The Balaban J connectivity index is 2.81. The van der Waals surface area contributed by atoms with Crippen molar-refractivity contribution in [2.75, 3.05) is 0 Å². The van der Waals surface area contributed by atoms with E-state index in [0.717, 1.165) is 31.1 Å². The molecule has 1 amide bonds. The van der Waals surface area contributed by atoms with Crippen molar-refractivity contribution >= 4 is 12.4 Å². The Labute approximate surface area is 157 Å². The van der Waals surface area contributed by atoms with Crippen LogP contribution in [0.1, 0.15) is 58.9 Å². The molecule has 0 unspecified atom stereocenters. The number of nitrogens with one attached hydrogen (secondary N) is 1. The average Bonchev–Trinajstić information content (AvgIpc) is 2.57. The summed E-state index contributed by atoms with van der Waals surface area (Å²) in [4.78, 5) is 23.5. The molecule has 2 N–H and O–H groups in total.